The molecule has 0 heterocycles. The first-order valence-electron chi connectivity index (χ1n) is 1.90. The van der Waals surface area contributed by atoms with Gasteiger partial charge >= 0.3 is 6.04 Å². The van der Waals surface area contributed by atoms with Gasteiger partial charge in [0.05, 0.1) is 0 Å². The fraction of sp³-hybridized carbons (Fsp3) is 0.750. The van der Waals surface area contributed by atoms with E-state index in [9.17, 15) is 9.18 Å². The predicted molar refractivity (Wildman–Crippen MR) is 22.6 cm³/mol. The van der Waals surface area contributed by atoms with Crippen molar-refractivity contribution in [1.29, 1.82) is 0 Å². The molecule has 0 aliphatic heterocycles. The van der Waals surface area contributed by atoms with Crippen molar-refractivity contribution >= 4 is 6.04 Å². The molecule has 0 spiro atoms. The highest BCUT2D eigenvalue weighted by atomic mass is 19.1. The molecule has 0 aliphatic rings. The average Bonchev–Trinajstić information content (AvgIpc) is 1.65. The highest BCUT2D eigenvalue weighted by Gasteiger charge is 2.07. The first-order chi connectivity index (χ1) is 3.18. The van der Waals surface area contributed by atoms with Crippen LogP contribution in [0.15, 0.2) is 0 Å². The van der Waals surface area contributed by atoms with Crippen LogP contribution in [0.1, 0.15) is 6.92 Å². The zero-order valence-electron chi connectivity index (χ0n) is 4.27. The van der Waals surface area contributed by atoms with E-state index in [1.54, 1.807) is 0 Å². The molecule has 42 valence electrons. The molecule has 0 aromatic heterocycles. The van der Waals surface area contributed by atoms with Crippen molar-refractivity contribution < 1.29 is 13.9 Å². The second-order valence-electron chi connectivity index (χ2n) is 1.18. The number of hydrogen-bond donors (Lipinski definition) is 0. The summed E-state index contributed by atoms with van der Waals surface area (Å²) in [4.78, 5) is 9.58. The van der Waals surface area contributed by atoms with Gasteiger partial charge in [-0.15, -0.1) is 0 Å². The molecule has 7 heavy (non-hydrogen) atoms. The molecule has 1 unspecified atom stereocenters. The molecule has 0 amide bonds. The van der Waals surface area contributed by atoms with Crippen molar-refractivity contribution in [3.8, 4) is 0 Å². The summed E-state index contributed by atoms with van der Waals surface area (Å²) in [6.45, 7) is 1.35. The number of methoxy groups -OCH3 is 1. The fourth-order valence-corrected chi connectivity index (χ4v) is 0.0927. The van der Waals surface area contributed by atoms with Crippen molar-refractivity contribution in [2.75, 3.05) is 7.11 Å². The Kier molecular flexibility index (Phi) is 2.52. The van der Waals surface area contributed by atoms with Crippen LogP contribution >= 0.6 is 0 Å². The van der Waals surface area contributed by atoms with Gasteiger partial charge in [0.25, 0.3) is 0 Å². The summed E-state index contributed by atoms with van der Waals surface area (Å²) in [6, 6.07) is -1.43. The van der Waals surface area contributed by atoms with Gasteiger partial charge in [0.2, 0.25) is 0 Å². The van der Waals surface area contributed by atoms with Gasteiger partial charge in [-0.2, -0.15) is 4.39 Å². The summed E-state index contributed by atoms with van der Waals surface area (Å²) in [7, 11) is 1.28. The van der Waals surface area contributed by atoms with Crippen LogP contribution in [0.3, 0.4) is 0 Å². The van der Waals surface area contributed by atoms with Gasteiger partial charge in [-0.25, -0.2) is 0 Å². The topological polar surface area (TPSA) is 26.3 Å². The summed E-state index contributed by atoms with van der Waals surface area (Å²) in [5.74, 6) is 0. The van der Waals surface area contributed by atoms with Crippen molar-refractivity contribution in [3.05, 3.63) is 0 Å². The molecule has 0 rings (SSSR count). The van der Waals surface area contributed by atoms with Crippen molar-refractivity contribution in [2.45, 2.75) is 13.0 Å². The summed E-state index contributed by atoms with van der Waals surface area (Å²) >= 11 is 0. The molecule has 0 radical (unpaired) electrons. The molecular weight excluding hydrogens is 99.0 g/mol. The minimum Gasteiger partial charge on any atom is -0.371 e. The smallest absolute Gasteiger partial charge is 0.329 e. The second-order valence-corrected chi connectivity index (χ2v) is 1.18. The zero-order chi connectivity index (χ0) is 5.86. The lowest BCUT2D eigenvalue weighted by molar-refractivity contribution is -0.138. The summed E-state index contributed by atoms with van der Waals surface area (Å²) < 4.78 is 15.6. The SMILES string of the molecule is COC(C)C(=O)F. The Hall–Kier alpha value is -0.440. The van der Waals surface area contributed by atoms with E-state index in [1.807, 2.05) is 0 Å². The molecule has 0 aliphatic carbocycles. The van der Waals surface area contributed by atoms with Crippen molar-refractivity contribution in [3.63, 3.8) is 0 Å². The first kappa shape index (κ1) is 6.56. The molecule has 0 aromatic carbocycles. The molecule has 3 heteroatoms. The van der Waals surface area contributed by atoms with Gasteiger partial charge in [-0.1, -0.05) is 0 Å². The van der Waals surface area contributed by atoms with E-state index < -0.39 is 12.1 Å². The Morgan fingerprint density at radius 3 is 2.29 bits per heavy atom. The van der Waals surface area contributed by atoms with Crippen LogP contribution in [0.5, 0.6) is 0 Å². The normalized spacial score (nSPS) is 13.6. The highest BCUT2D eigenvalue weighted by Crippen LogP contribution is 1.88. The standard InChI is InChI=1S/C4H7FO2/c1-3(7-2)4(5)6/h3H,1-2H3. The Morgan fingerprint density at radius 2 is 2.29 bits per heavy atom. The number of hydrogen-bond acceptors (Lipinski definition) is 2. The van der Waals surface area contributed by atoms with Crippen LogP contribution in [-0.4, -0.2) is 19.3 Å². The number of halogens is 1. The first-order valence-corrected chi connectivity index (χ1v) is 1.90. The van der Waals surface area contributed by atoms with Crippen molar-refractivity contribution in [2.24, 2.45) is 0 Å². The van der Waals surface area contributed by atoms with Gasteiger partial charge in [-0.3, -0.25) is 4.79 Å². The average molecular weight is 106 g/mol. The van der Waals surface area contributed by atoms with Gasteiger partial charge < -0.3 is 4.74 Å². The van der Waals surface area contributed by atoms with Gasteiger partial charge in [0.1, 0.15) is 6.10 Å². The molecule has 0 aromatic rings. The van der Waals surface area contributed by atoms with E-state index in [-0.39, 0.29) is 0 Å². The number of ether oxygens (including phenoxy) is 1. The number of carbonyl (C=O) groups excluding carboxylic acids is 1. The van der Waals surface area contributed by atoms with Crippen molar-refractivity contribution in [1.82, 2.24) is 0 Å². The Labute approximate surface area is 41.3 Å². The van der Waals surface area contributed by atoms with Crippen LogP contribution < -0.4 is 0 Å². The third-order valence-electron chi connectivity index (χ3n) is 0.673. The van der Waals surface area contributed by atoms with Crippen LogP contribution in [-0.2, 0) is 9.53 Å². The summed E-state index contributed by atoms with van der Waals surface area (Å²) in [6.07, 6.45) is -0.903. The largest absolute Gasteiger partial charge is 0.371 e. The monoisotopic (exact) mass is 106 g/mol. The molecule has 0 saturated carbocycles. The summed E-state index contributed by atoms with van der Waals surface area (Å²) in [5, 5.41) is 0. The van der Waals surface area contributed by atoms with E-state index in [0.717, 1.165) is 0 Å². The molecular formula is C4H7FO2. The molecule has 1 atom stereocenters. The molecule has 0 fully saturated rings. The fourth-order valence-electron chi connectivity index (χ4n) is 0.0927. The Bertz CT molecular complexity index is 72.1. The predicted octanol–water partition coefficient (Wildman–Crippen LogP) is 0.517. The van der Waals surface area contributed by atoms with Gasteiger partial charge in [-0.05, 0) is 6.92 Å². The molecule has 0 N–H and O–H groups in total. The van der Waals surface area contributed by atoms with E-state index in [2.05, 4.69) is 4.74 Å². The van der Waals surface area contributed by atoms with Crippen LogP contribution in [0.4, 0.5) is 4.39 Å². The van der Waals surface area contributed by atoms with E-state index in [0.29, 0.717) is 0 Å². The van der Waals surface area contributed by atoms with E-state index in [1.165, 1.54) is 14.0 Å². The van der Waals surface area contributed by atoms with Crippen LogP contribution in [0, 0.1) is 0 Å². The lowest BCUT2D eigenvalue weighted by atomic mass is 10.4. The molecule has 0 saturated heterocycles. The Balaban J connectivity index is 3.34. The van der Waals surface area contributed by atoms with Gasteiger partial charge in [0.15, 0.2) is 0 Å². The molecule has 0 bridgehead atoms. The van der Waals surface area contributed by atoms with Crippen LogP contribution in [0.2, 0.25) is 0 Å². The summed E-state index contributed by atoms with van der Waals surface area (Å²) in [5.41, 5.74) is 0. The number of rotatable bonds is 2. The maximum absolute atomic E-state index is 11.3. The zero-order valence-corrected chi connectivity index (χ0v) is 4.27. The maximum atomic E-state index is 11.3. The quantitative estimate of drug-likeness (QED) is 0.479. The lowest BCUT2D eigenvalue weighted by Crippen LogP contribution is -2.13. The maximum Gasteiger partial charge on any atom is 0.329 e. The van der Waals surface area contributed by atoms with Gasteiger partial charge in [0, 0.05) is 7.11 Å². The van der Waals surface area contributed by atoms with E-state index >= 15 is 0 Å². The minimum atomic E-state index is -1.43. The van der Waals surface area contributed by atoms with E-state index in [4.69, 9.17) is 0 Å². The third kappa shape index (κ3) is 2.28. The lowest BCUT2D eigenvalue weighted by Gasteiger charge is -1.97. The number of carbonyl (C=O) groups is 1. The minimum absolute atomic E-state index is 0.903. The highest BCUT2D eigenvalue weighted by molar-refractivity contribution is 5.72. The Morgan fingerprint density at radius 1 is 1.86 bits per heavy atom. The third-order valence-corrected chi connectivity index (χ3v) is 0.673. The van der Waals surface area contributed by atoms with Crippen LogP contribution in [0.25, 0.3) is 0 Å². The second kappa shape index (κ2) is 2.69. The molecule has 2 nitrogen and oxygen atoms in total.